The Labute approximate surface area is 88.6 Å². The minimum Gasteiger partial charge on any atom is -0.306 e. The number of likely N-dealkylation sites (tertiary alicyclic amines) is 1. The first kappa shape index (κ1) is 11.9. The minimum atomic E-state index is -3.69. The fraction of sp³-hybridized carbons (Fsp3) is 0.875. The summed E-state index contributed by atoms with van der Waals surface area (Å²) in [7, 11) is 3.26. The summed E-state index contributed by atoms with van der Waals surface area (Å²) >= 11 is 0. The number of ketones is 1. The van der Waals surface area contributed by atoms with Crippen molar-refractivity contribution in [2.75, 3.05) is 25.9 Å². The lowest BCUT2D eigenvalue weighted by molar-refractivity contribution is -0.121. The maximum absolute atomic E-state index is 11.5. The lowest BCUT2D eigenvalue weighted by Crippen LogP contribution is -2.37. The van der Waals surface area contributed by atoms with E-state index in [0.717, 1.165) is 19.4 Å². The normalized spacial score (nSPS) is 24.9. The number of halogens is 1. The van der Waals surface area contributed by atoms with E-state index in [1.807, 2.05) is 11.9 Å². The highest BCUT2D eigenvalue weighted by Gasteiger charge is 2.26. The van der Waals surface area contributed by atoms with Crippen molar-refractivity contribution in [3.63, 3.8) is 0 Å². The largest absolute Gasteiger partial charge is 0.306 e. The predicted molar refractivity (Wildman–Crippen MR) is 54.9 cm³/mol. The van der Waals surface area contributed by atoms with Gasteiger partial charge in [-0.2, -0.15) is 0 Å². The molecule has 1 rings (SSSR count). The van der Waals surface area contributed by atoms with Crippen molar-refractivity contribution in [1.82, 2.24) is 4.90 Å². The average molecular weight is 240 g/mol. The fourth-order valence-electron chi connectivity index (χ4n) is 1.72. The first-order valence-electron chi connectivity index (χ1n) is 4.52. The van der Waals surface area contributed by atoms with Gasteiger partial charge < -0.3 is 4.90 Å². The SMILES string of the molecule is CN1CCCC(C(=O)CS(=O)(=O)Cl)C1. The van der Waals surface area contributed by atoms with E-state index in [4.69, 9.17) is 10.7 Å². The van der Waals surface area contributed by atoms with Crippen LogP contribution in [0.1, 0.15) is 12.8 Å². The third-order valence-electron chi connectivity index (χ3n) is 2.39. The first-order valence-corrected chi connectivity index (χ1v) is 7.00. The maximum atomic E-state index is 11.5. The van der Waals surface area contributed by atoms with Crippen molar-refractivity contribution in [3.8, 4) is 0 Å². The smallest absolute Gasteiger partial charge is 0.239 e. The zero-order valence-electron chi connectivity index (χ0n) is 8.07. The van der Waals surface area contributed by atoms with E-state index in [1.54, 1.807) is 0 Å². The summed E-state index contributed by atoms with van der Waals surface area (Å²) in [5.41, 5.74) is 0. The van der Waals surface area contributed by atoms with Crippen LogP contribution in [0.5, 0.6) is 0 Å². The van der Waals surface area contributed by atoms with Crippen LogP contribution >= 0.6 is 10.7 Å². The predicted octanol–water partition coefficient (Wildman–Crippen LogP) is 0.466. The highest BCUT2D eigenvalue weighted by atomic mass is 35.7. The Morgan fingerprint density at radius 1 is 1.57 bits per heavy atom. The molecule has 1 aliphatic rings. The van der Waals surface area contributed by atoms with E-state index in [0.29, 0.717) is 6.54 Å². The fourth-order valence-corrected chi connectivity index (χ4v) is 2.62. The number of hydrogen-bond acceptors (Lipinski definition) is 4. The average Bonchev–Trinajstić information content (AvgIpc) is 2.01. The number of Topliss-reactive ketones (excluding diaryl/α,β-unsaturated/α-hetero) is 1. The van der Waals surface area contributed by atoms with Crippen molar-refractivity contribution in [3.05, 3.63) is 0 Å². The number of carbonyl (C=O) groups excluding carboxylic acids is 1. The molecule has 14 heavy (non-hydrogen) atoms. The van der Waals surface area contributed by atoms with Crippen LogP contribution in [-0.2, 0) is 13.8 Å². The molecule has 82 valence electrons. The van der Waals surface area contributed by atoms with Gasteiger partial charge in [-0.05, 0) is 26.4 Å². The minimum absolute atomic E-state index is 0.165. The van der Waals surface area contributed by atoms with Crippen molar-refractivity contribution < 1.29 is 13.2 Å². The van der Waals surface area contributed by atoms with Gasteiger partial charge in [-0.25, -0.2) is 8.42 Å². The van der Waals surface area contributed by atoms with Gasteiger partial charge in [-0.3, -0.25) is 4.79 Å². The van der Waals surface area contributed by atoms with Crippen LogP contribution < -0.4 is 0 Å². The molecule has 1 atom stereocenters. The van der Waals surface area contributed by atoms with E-state index in [-0.39, 0.29) is 11.7 Å². The van der Waals surface area contributed by atoms with Crippen molar-refractivity contribution in [1.29, 1.82) is 0 Å². The molecule has 1 aliphatic heterocycles. The van der Waals surface area contributed by atoms with E-state index in [9.17, 15) is 13.2 Å². The number of nitrogens with zero attached hydrogens (tertiary/aromatic N) is 1. The lowest BCUT2D eigenvalue weighted by atomic mass is 9.95. The van der Waals surface area contributed by atoms with Crippen LogP contribution in [-0.4, -0.2) is 45.0 Å². The third-order valence-corrected chi connectivity index (χ3v) is 3.35. The monoisotopic (exact) mass is 239 g/mol. The van der Waals surface area contributed by atoms with Crippen LogP contribution in [0.25, 0.3) is 0 Å². The molecule has 1 unspecified atom stereocenters. The molecule has 1 heterocycles. The highest BCUT2D eigenvalue weighted by Crippen LogP contribution is 2.17. The van der Waals surface area contributed by atoms with E-state index in [2.05, 4.69) is 0 Å². The van der Waals surface area contributed by atoms with Gasteiger partial charge in [0.15, 0.2) is 5.78 Å². The Balaban J connectivity index is 2.52. The number of rotatable bonds is 3. The molecular weight excluding hydrogens is 226 g/mol. The summed E-state index contributed by atoms with van der Waals surface area (Å²) in [5, 5.41) is 0. The van der Waals surface area contributed by atoms with Crippen LogP contribution in [0.3, 0.4) is 0 Å². The summed E-state index contributed by atoms with van der Waals surface area (Å²) < 4.78 is 21.4. The quantitative estimate of drug-likeness (QED) is 0.672. The molecule has 1 fully saturated rings. The van der Waals surface area contributed by atoms with Crippen molar-refractivity contribution in [2.45, 2.75) is 12.8 Å². The number of hydrogen-bond donors (Lipinski definition) is 0. The van der Waals surface area contributed by atoms with Gasteiger partial charge in [0.1, 0.15) is 5.75 Å². The summed E-state index contributed by atoms with van der Waals surface area (Å²) in [5.74, 6) is -0.957. The second-order valence-electron chi connectivity index (χ2n) is 3.75. The van der Waals surface area contributed by atoms with Gasteiger partial charge in [0, 0.05) is 23.1 Å². The summed E-state index contributed by atoms with van der Waals surface area (Å²) in [4.78, 5) is 13.5. The van der Waals surface area contributed by atoms with Crippen LogP contribution in [0, 0.1) is 5.92 Å². The summed E-state index contributed by atoms with van der Waals surface area (Å²) in [6.07, 6.45) is 1.71. The van der Waals surface area contributed by atoms with Gasteiger partial charge in [0.25, 0.3) is 0 Å². The lowest BCUT2D eigenvalue weighted by Gasteiger charge is -2.28. The highest BCUT2D eigenvalue weighted by molar-refractivity contribution is 8.14. The molecule has 0 radical (unpaired) electrons. The zero-order valence-corrected chi connectivity index (χ0v) is 9.64. The summed E-state index contributed by atoms with van der Waals surface area (Å²) in [6, 6.07) is 0. The van der Waals surface area contributed by atoms with Crippen LogP contribution in [0.4, 0.5) is 0 Å². The molecule has 1 saturated heterocycles. The second-order valence-corrected chi connectivity index (χ2v) is 6.53. The van der Waals surface area contributed by atoms with E-state index >= 15 is 0 Å². The standard InChI is InChI=1S/C8H14ClNO3S/c1-10-4-2-3-7(5-10)8(11)6-14(9,12)13/h7H,2-6H2,1H3. The molecule has 0 aromatic rings. The van der Waals surface area contributed by atoms with Gasteiger partial charge in [0.2, 0.25) is 9.05 Å². The topological polar surface area (TPSA) is 54.5 Å². The van der Waals surface area contributed by atoms with Crippen LogP contribution in [0.2, 0.25) is 0 Å². The summed E-state index contributed by atoms with van der Waals surface area (Å²) in [6.45, 7) is 1.61. The first-order chi connectivity index (χ1) is 6.38. The van der Waals surface area contributed by atoms with Crippen LogP contribution in [0.15, 0.2) is 0 Å². The Morgan fingerprint density at radius 2 is 2.21 bits per heavy atom. The Bertz CT molecular complexity index is 315. The van der Waals surface area contributed by atoms with Gasteiger partial charge in [-0.1, -0.05) is 0 Å². The zero-order chi connectivity index (χ0) is 10.8. The number of piperidine rings is 1. The van der Waals surface area contributed by atoms with Gasteiger partial charge in [0.05, 0.1) is 0 Å². The van der Waals surface area contributed by atoms with Crippen molar-refractivity contribution >= 4 is 25.5 Å². The Morgan fingerprint density at radius 3 is 2.71 bits per heavy atom. The van der Waals surface area contributed by atoms with Gasteiger partial charge >= 0.3 is 0 Å². The molecule has 4 nitrogen and oxygen atoms in total. The Hall–Kier alpha value is -0.130. The van der Waals surface area contributed by atoms with E-state index in [1.165, 1.54) is 0 Å². The molecule has 6 heteroatoms. The molecule has 0 amide bonds. The third kappa shape index (κ3) is 3.94. The van der Waals surface area contributed by atoms with Crippen molar-refractivity contribution in [2.24, 2.45) is 5.92 Å². The molecule has 0 aromatic carbocycles. The Kier molecular flexibility index (Phi) is 3.92. The molecule has 0 N–H and O–H groups in total. The second kappa shape index (κ2) is 4.59. The molecule has 0 aromatic heterocycles. The number of carbonyl (C=O) groups is 1. The van der Waals surface area contributed by atoms with E-state index < -0.39 is 14.8 Å². The molecule has 0 aliphatic carbocycles. The molecule has 0 saturated carbocycles. The molecule has 0 bridgehead atoms. The van der Waals surface area contributed by atoms with Gasteiger partial charge in [-0.15, -0.1) is 0 Å². The molecule has 0 spiro atoms. The maximum Gasteiger partial charge on any atom is 0.239 e. The molecular formula is C8H14ClNO3S.